The van der Waals surface area contributed by atoms with Crippen LogP contribution in [0, 0.1) is 6.85 Å². The van der Waals surface area contributed by atoms with Crippen LogP contribution < -0.4 is 0 Å². The summed E-state index contributed by atoms with van der Waals surface area (Å²) in [6, 6.07) is 45.2. The number of fused-ring (bicyclic) bond motifs is 1. The van der Waals surface area contributed by atoms with Gasteiger partial charge in [0.25, 0.3) is 0 Å². The molecule has 0 atom stereocenters. The molecule has 4 heteroatoms. The van der Waals surface area contributed by atoms with Crippen LogP contribution in [-0.4, -0.2) is 19.6 Å². The molecule has 2 aromatic heterocycles. The van der Waals surface area contributed by atoms with Gasteiger partial charge in [-0.3, -0.25) is 9.55 Å². The average molecular weight is 833 g/mol. The van der Waals surface area contributed by atoms with E-state index in [9.17, 15) is 5.11 Å². The minimum atomic E-state index is -2.49. The number of rotatable bonds is 6. The Labute approximate surface area is 380 Å². The molecule has 8 aromatic rings. The first-order valence-corrected chi connectivity index (χ1v) is 22.1. The number of para-hydroxylation sites is 2. The van der Waals surface area contributed by atoms with Gasteiger partial charge >= 0.3 is 0 Å². The number of imidazole rings is 1. The molecule has 0 aliphatic heterocycles. The lowest BCUT2D eigenvalue weighted by Gasteiger charge is -2.26. The van der Waals surface area contributed by atoms with E-state index in [1.807, 2.05) is 53.2 Å². The third-order valence-corrected chi connectivity index (χ3v) is 12.3. The van der Waals surface area contributed by atoms with Crippen molar-refractivity contribution in [3.05, 3.63) is 167 Å². The van der Waals surface area contributed by atoms with Crippen molar-refractivity contribution in [2.75, 3.05) is 0 Å². The van der Waals surface area contributed by atoms with Gasteiger partial charge < -0.3 is 5.11 Å². The minimum Gasteiger partial charge on any atom is -0.507 e. The Kier molecular flexibility index (Phi) is 9.94. The molecule has 63 heavy (non-hydrogen) atoms. The Bertz CT molecular complexity index is 3080. The summed E-state index contributed by atoms with van der Waals surface area (Å²) in [5.41, 5.74) is 14.7. The SMILES string of the molecule is [2H]C([2H])([2H])c1cc(-c2cc(C(C)(C)C)cc(C(C)(C)C)c2)ccc1-n1c(-c2ccccc2O)nc2c(-c3cc(-c4cc(-c5ccc(C(C)(C)C)cc5)ccn4)cc(C(C)(C)C)c3)cccc21. The molecule has 0 spiro atoms. The zero-order chi connectivity index (χ0) is 47.7. The first-order valence-electron chi connectivity index (χ1n) is 23.6. The van der Waals surface area contributed by atoms with E-state index in [0.717, 1.165) is 55.7 Å². The number of phenolic OH excluding ortho intramolecular Hbond substituents is 1. The second-order valence-corrected chi connectivity index (χ2v) is 21.3. The molecule has 4 nitrogen and oxygen atoms in total. The second-order valence-electron chi connectivity index (χ2n) is 21.3. The van der Waals surface area contributed by atoms with E-state index >= 15 is 0 Å². The maximum absolute atomic E-state index is 11.4. The van der Waals surface area contributed by atoms with Gasteiger partial charge in [0.15, 0.2) is 0 Å². The summed E-state index contributed by atoms with van der Waals surface area (Å²) in [7, 11) is 0. The molecule has 0 aliphatic rings. The van der Waals surface area contributed by atoms with Gasteiger partial charge in [-0.2, -0.15) is 0 Å². The summed E-state index contributed by atoms with van der Waals surface area (Å²) in [6.07, 6.45) is 1.88. The standard InChI is InChI=1S/C59H63N3O/c1-37-29-39(41-31-46(58(8,9)10)36-47(32-41)59(11,12)13)23-26-51(37)62-52-19-16-18-48(54(52)61-55(62)49-17-14-15-20-53(49)63)42-30-43(34-45(33-42)57(5,6)7)50-35-40(27-28-60-50)38-21-24-44(25-22-38)56(2,3)4/h14-36,63H,1-13H3/i1D3. The third kappa shape index (κ3) is 8.74. The van der Waals surface area contributed by atoms with Crippen LogP contribution in [0.1, 0.15) is 115 Å². The van der Waals surface area contributed by atoms with Crippen molar-refractivity contribution in [1.82, 2.24) is 14.5 Å². The number of aryl methyl sites for hydroxylation is 1. The number of hydrogen-bond donors (Lipinski definition) is 1. The fraction of sp³-hybridized carbons (Fsp3) is 0.288. The third-order valence-electron chi connectivity index (χ3n) is 12.3. The highest BCUT2D eigenvalue weighted by Crippen LogP contribution is 2.42. The average Bonchev–Trinajstić information content (AvgIpc) is 3.64. The molecule has 6 aromatic carbocycles. The van der Waals surface area contributed by atoms with Crippen molar-refractivity contribution in [3.8, 4) is 67.5 Å². The van der Waals surface area contributed by atoms with Crippen molar-refractivity contribution in [3.63, 3.8) is 0 Å². The molecule has 2 heterocycles. The van der Waals surface area contributed by atoms with Gasteiger partial charge in [0.1, 0.15) is 11.6 Å². The van der Waals surface area contributed by atoms with Crippen molar-refractivity contribution in [1.29, 1.82) is 0 Å². The Morgan fingerprint density at radius 2 is 1.05 bits per heavy atom. The van der Waals surface area contributed by atoms with Crippen LogP contribution in [0.15, 0.2) is 140 Å². The fourth-order valence-corrected chi connectivity index (χ4v) is 8.28. The van der Waals surface area contributed by atoms with E-state index in [2.05, 4.69) is 162 Å². The lowest BCUT2D eigenvalue weighted by Crippen LogP contribution is -2.16. The zero-order valence-electron chi connectivity index (χ0n) is 42.1. The summed E-state index contributed by atoms with van der Waals surface area (Å²) in [4.78, 5) is 10.3. The van der Waals surface area contributed by atoms with Gasteiger partial charge in [0, 0.05) is 21.4 Å². The van der Waals surface area contributed by atoms with Crippen molar-refractivity contribution >= 4 is 11.0 Å². The van der Waals surface area contributed by atoms with Crippen molar-refractivity contribution in [2.24, 2.45) is 0 Å². The molecule has 0 unspecified atom stereocenters. The molecule has 0 saturated carbocycles. The molecule has 1 N–H and O–H groups in total. The largest absolute Gasteiger partial charge is 0.507 e. The van der Waals surface area contributed by atoms with Crippen LogP contribution in [0.4, 0.5) is 0 Å². The van der Waals surface area contributed by atoms with Gasteiger partial charge in [-0.1, -0.05) is 162 Å². The molecular weight excluding hydrogens is 767 g/mol. The molecule has 0 fully saturated rings. The normalized spacial score (nSPS) is 13.5. The van der Waals surface area contributed by atoms with Crippen LogP contribution in [0.25, 0.3) is 72.7 Å². The molecule has 0 saturated heterocycles. The molecule has 0 aliphatic carbocycles. The Morgan fingerprint density at radius 3 is 1.68 bits per heavy atom. The van der Waals surface area contributed by atoms with E-state index < -0.39 is 6.85 Å². The van der Waals surface area contributed by atoms with E-state index in [0.29, 0.717) is 22.6 Å². The first-order chi connectivity index (χ1) is 30.8. The summed E-state index contributed by atoms with van der Waals surface area (Å²) in [5, 5.41) is 11.4. The Balaban J connectivity index is 1.34. The fourth-order valence-electron chi connectivity index (χ4n) is 8.28. The van der Waals surface area contributed by atoms with Gasteiger partial charge in [-0.25, -0.2) is 4.98 Å². The monoisotopic (exact) mass is 833 g/mol. The van der Waals surface area contributed by atoms with E-state index in [4.69, 9.17) is 14.1 Å². The maximum atomic E-state index is 11.4. The predicted molar refractivity (Wildman–Crippen MR) is 267 cm³/mol. The lowest BCUT2D eigenvalue weighted by atomic mass is 9.79. The molecule has 0 amide bonds. The van der Waals surface area contributed by atoms with Gasteiger partial charge in [-0.15, -0.1) is 0 Å². The summed E-state index contributed by atoms with van der Waals surface area (Å²) < 4.78 is 28.9. The van der Waals surface area contributed by atoms with Gasteiger partial charge in [0.05, 0.1) is 28.0 Å². The van der Waals surface area contributed by atoms with Crippen LogP contribution in [0.5, 0.6) is 5.75 Å². The number of aromatic hydroxyl groups is 1. The smallest absolute Gasteiger partial charge is 0.149 e. The van der Waals surface area contributed by atoms with Crippen LogP contribution in [0.2, 0.25) is 0 Å². The predicted octanol–water partition coefficient (Wildman–Crippen LogP) is 16.0. The van der Waals surface area contributed by atoms with E-state index in [1.54, 1.807) is 12.1 Å². The molecule has 0 radical (unpaired) electrons. The molecule has 0 bridgehead atoms. The topological polar surface area (TPSA) is 50.9 Å². The summed E-state index contributed by atoms with van der Waals surface area (Å²) in [6.45, 7) is 24.1. The highest BCUT2D eigenvalue weighted by Gasteiger charge is 2.25. The van der Waals surface area contributed by atoms with Gasteiger partial charge in [-0.05, 0) is 139 Å². The van der Waals surface area contributed by atoms with Crippen LogP contribution >= 0.6 is 0 Å². The number of nitrogens with zero attached hydrogens (tertiary/aromatic N) is 3. The molecular formula is C59H63N3O. The van der Waals surface area contributed by atoms with E-state index in [1.165, 1.54) is 16.7 Å². The number of hydrogen-bond acceptors (Lipinski definition) is 3. The first kappa shape index (κ1) is 39.6. The van der Waals surface area contributed by atoms with Crippen molar-refractivity contribution in [2.45, 2.75) is 112 Å². The Hall–Kier alpha value is -6.26. The second kappa shape index (κ2) is 15.8. The Morgan fingerprint density at radius 1 is 0.476 bits per heavy atom. The zero-order valence-corrected chi connectivity index (χ0v) is 39.1. The van der Waals surface area contributed by atoms with Gasteiger partial charge in [0.2, 0.25) is 0 Å². The van der Waals surface area contributed by atoms with E-state index in [-0.39, 0.29) is 33.0 Å². The lowest BCUT2D eigenvalue weighted by molar-refractivity contribution is 0.477. The summed E-state index contributed by atoms with van der Waals surface area (Å²) >= 11 is 0. The molecule has 8 rings (SSSR count). The van der Waals surface area contributed by atoms with Crippen LogP contribution in [-0.2, 0) is 21.7 Å². The number of pyridine rings is 1. The highest BCUT2D eigenvalue weighted by molar-refractivity contribution is 5.97. The number of phenols is 1. The highest BCUT2D eigenvalue weighted by atomic mass is 16.3. The van der Waals surface area contributed by atoms with Crippen molar-refractivity contribution < 1.29 is 9.22 Å². The minimum absolute atomic E-state index is 0.0485. The quantitative estimate of drug-likeness (QED) is 0.182. The summed E-state index contributed by atoms with van der Waals surface area (Å²) in [5.74, 6) is 0.491. The molecule has 320 valence electrons. The number of benzene rings is 6. The maximum Gasteiger partial charge on any atom is 0.149 e. The number of aromatic nitrogens is 3. The van der Waals surface area contributed by atoms with Crippen LogP contribution in [0.3, 0.4) is 0 Å².